The second kappa shape index (κ2) is 7.23. The molecule has 2 bridgehead atoms. The fourth-order valence-corrected chi connectivity index (χ4v) is 6.44. The number of likely N-dealkylation sites (tertiary alicyclic amines) is 1. The fraction of sp³-hybridized carbons (Fsp3) is 0.600. The van der Waals surface area contributed by atoms with Gasteiger partial charge in [0.2, 0.25) is 0 Å². The lowest BCUT2D eigenvalue weighted by atomic mass is 9.74. The van der Waals surface area contributed by atoms with E-state index in [1.54, 1.807) is 0 Å². The third-order valence-corrected chi connectivity index (χ3v) is 7.97. The minimum absolute atomic E-state index is 0.190. The van der Waals surface area contributed by atoms with Gasteiger partial charge in [0, 0.05) is 44.7 Å². The first kappa shape index (κ1) is 18.6. The molecule has 1 aliphatic carbocycles. The molecular formula is C25H32N4O. The van der Waals surface area contributed by atoms with Crippen molar-refractivity contribution in [2.45, 2.75) is 56.5 Å². The maximum absolute atomic E-state index is 13.4. The number of carbonyl (C=O) groups excluding carboxylic acids is 1. The van der Waals surface area contributed by atoms with E-state index < -0.39 is 0 Å². The first-order chi connectivity index (χ1) is 14.7. The predicted molar refractivity (Wildman–Crippen MR) is 116 cm³/mol. The zero-order valence-corrected chi connectivity index (χ0v) is 17.9. The first-order valence-corrected chi connectivity index (χ1v) is 11.8. The minimum Gasteiger partial charge on any atom is -0.337 e. The summed E-state index contributed by atoms with van der Waals surface area (Å²) < 4.78 is 1.82. The van der Waals surface area contributed by atoms with Crippen LogP contribution in [-0.2, 0) is 7.05 Å². The van der Waals surface area contributed by atoms with Gasteiger partial charge in [-0.2, -0.15) is 5.10 Å². The maximum Gasteiger partial charge on any atom is 0.272 e. The van der Waals surface area contributed by atoms with Crippen molar-refractivity contribution in [2.75, 3.05) is 19.6 Å². The number of fused-ring (bicyclic) bond motifs is 4. The van der Waals surface area contributed by atoms with Crippen LogP contribution in [0.5, 0.6) is 0 Å². The van der Waals surface area contributed by atoms with Crippen molar-refractivity contribution in [3.8, 4) is 0 Å². The number of amides is 1. The van der Waals surface area contributed by atoms with Crippen molar-refractivity contribution in [3.63, 3.8) is 0 Å². The molecule has 3 aliphatic heterocycles. The lowest BCUT2D eigenvalue weighted by Gasteiger charge is -2.55. The predicted octanol–water partition coefficient (Wildman–Crippen LogP) is 3.99. The summed E-state index contributed by atoms with van der Waals surface area (Å²) in [6.45, 7) is 2.93. The Labute approximate surface area is 179 Å². The Kier molecular flexibility index (Phi) is 4.48. The zero-order valence-electron chi connectivity index (χ0n) is 17.9. The van der Waals surface area contributed by atoms with Gasteiger partial charge in [-0.15, -0.1) is 0 Å². The van der Waals surface area contributed by atoms with Crippen LogP contribution >= 0.6 is 0 Å². The molecule has 0 unspecified atom stereocenters. The molecule has 0 spiro atoms. The van der Waals surface area contributed by atoms with Gasteiger partial charge in [0.15, 0.2) is 0 Å². The zero-order chi connectivity index (χ0) is 20.2. The van der Waals surface area contributed by atoms with Crippen molar-refractivity contribution in [2.24, 2.45) is 18.9 Å². The number of hydrogen-bond donors (Lipinski definition) is 0. The molecule has 3 saturated heterocycles. The van der Waals surface area contributed by atoms with Crippen molar-refractivity contribution in [1.82, 2.24) is 19.6 Å². The number of hydrogen-bond acceptors (Lipinski definition) is 3. The van der Waals surface area contributed by atoms with Crippen LogP contribution in [0.4, 0.5) is 0 Å². The van der Waals surface area contributed by atoms with Crippen molar-refractivity contribution in [3.05, 3.63) is 53.3 Å². The summed E-state index contributed by atoms with van der Waals surface area (Å²) in [6, 6.07) is 14.3. The summed E-state index contributed by atoms with van der Waals surface area (Å²) in [5.74, 6) is 1.97. The van der Waals surface area contributed by atoms with Crippen LogP contribution < -0.4 is 0 Å². The molecule has 0 radical (unpaired) electrons. The average molecular weight is 405 g/mol. The molecule has 1 saturated carbocycles. The Bertz CT molecular complexity index is 934. The van der Waals surface area contributed by atoms with Gasteiger partial charge in [0.05, 0.1) is 5.69 Å². The van der Waals surface area contributed by atoms with Gasteiger partial charge in [0.25, 0.3) is 5.91 Å². The van der Waals surface area contributed by atoms with Crippen LogP contribution in [0.2, 0.25) is 0 Å². The van der Waals surface area contributed by atoms with Crippen LogP contribution in [0.15, 0.2) is 36.4 Å². The monoisotopic (exact) mass is 404 g/mol. The largest absolute Gasteiger partial charge is 0.337 e. The van der Waals surface area contributed by atoms with E-state index in [1.807, 2.05) is 11.7 Å². The Balaban J connectivity index is 1.21. The van der Waals surface area contributed by atoms with E-state index in [1.165, 1.54) is 44.1 Å². The number of rotatable bonds is 3. The van der Waals surface area contributed by atoms with Crippen molar-refractivity contribution in [1.29, 1.82) is 0 Å². The molecule has 2 aromatic rings. The molecule has 1 amide bonds. The van der Waals surface area contributed by atoms with Crippen LogP contribution in [-0.4, -0.2) is 51.2 Å². The highest BCUT2D eigenvalue weighted by Gasteiger charge is 2.46. The molecule has 158 valence electrons. The second-order valence-corrected chi connectivity index (χ2v) is 10.0. The first-order valence-electron chi connectivity index (χ1n) is 11.8. The SMILES string of the molecule is Cn1nc(C2CC2)cc1C(=O)N1C[C@@H]2C[C@H](C1)[C@@H]1CCC[C@H](c3ccccc3)N1C2. The van der Waals surface area contributed by atoms with Gasteiger partial charge in [0.1, 0.15) is 5.69 Å². The van der Waals surface area contributed by atoms with Crippen molar-refractivity contribution >= 4 is 5.91 Å². The molecule has 5 heteroatoms. The molecule has 4 fully saturated rings. The highest BCUT2D eigenvalue weighted by Crippen LogP contribution is 2.44. The number of nitrogens with zero attached hydrogens (tertiary/aromatic N) is 4. The van der Waals surface area contributed by atoms with E-state index >= 15 is 0 Å². The molecule has 4 heterocycles. The van der Waals surface area contributed by atoms with Gasteiger partial charge in [-0.1, -0.05) is 30.3 Å². The lowest BCUT2D eigenvalue weighted by molar-refractivity contribution is -0.0513. The minimum atomic E-state index is 0.190. The Morgan fingerprint density at radius 1 is 1.03 bits per heavy atom. The fourth-order valence-electron chi connectivity index (χ4n) is 6.44. The summed E-state index contributed by atoms with van der Waals surface area (Å²) in [7, 11) is 1.93. The summed E-state index contributed by atoms with van der Waals surface area (Å²) in [5, 5.41) is 4.63. The summed E-state index contributed by atoms with van der Waals surface area (Å²) in [4.78, 5) is 18.4. The Morgan fingerprint density at radius 3 is 2.67 bits per heavy atom. The van der Waals surface area contributed by atoms with E-state index in [4.69, 9.17) is 0 Å². The molecule has 1 aromatic carbocycles. The van der Waals surface area contributed by atoms with Gasteiger partial charge in [-0.05, 0) is 62.0 Å². The van der Waals surface area contributed by atoms with E-state index in [0.29, 0.717) is 29.8 Å². The number of aromatic nitrogens is 2. The van der Waals surface area contributed by atoms with Crippen LogP contribution in [0.1, 0.15) is 72.2 Å². The summed E-state index contributed by atoms with van der Waals surface area (Å²) >= 11 is 0. The molecule has 4 aliphatic rings. The number of piperidine rings is 3. The topological polar surface area (TPSA) is 41.4 Å². The standard InChI is InChI=1S/C25H32N4O/c1-27-24(13-21(26-27)18-10-11-18)25(30)28-14-17-12-20(16-28)23-9-5-8-22(29(23)15-17)19-6-3-2-4-7-19/h2-4,6-7,13,17-18,20,22-23H,5,8-12,14-16H2,1H3/t17-,20+,22+,23-/m0/s1. The molecule has 0 N–H and O–H groups in total. The Morgan fingerprint density at radius 2 is 1.87 bits per heavy atom. The third kappa shape index (κ3) is 3.18. The normalized spacial score (nSPS) is 31.4. The molecule has 5 nitrogen and oxygen atoms in total. The van der Waals surface area contributed by atoms with E-state index in [-0.39, 0.29) is 5.91 Å². The molecule has 6 rings (SSSR count). The smallest absolute Gasteiger partial charge is 0.272 e. The highest BCUT2D eigenvalue weighted by molar-refractivity contribution is 5.92. The van der Waals surface area contributed by atoms with E-state index in [9.17, 15) is 4.79 Å². The molecular weight excluding hydrogens is 372 g/mol. The van der Waals surface area contributed by atoms with Crippen LogP contribution in [0.3, 0.4) is 0 Å². The molecule has 4 atom stereocenters. The molecule has 30 heavy (non-hydrogen) atoms. The summed E-state index contributed by atoms with van der Waals surface area (Å²) in [6.07, 6.45) is 7.56. The van der Waals surface area contributed by atoms with Gasteiger partial charge in [-0.25, -0.2) is 0 Å². The van der Waals surface area contributed by atoms with Crippen LogP contribution in [0.25, 0.3) is 0 Å². The van der Waals surface area contributed by atoms with E-state index in [2.05, 4.69) is 51.3 Å². The van der Waals surface area contributed by atoms with E-state index in [0.717, 1.165) is 31.0 Å². The molecule has 1 aromatic heterocycles. The maximum atomic E-state index is 13.4. The third-order valence-electron chi connectivity index (χ3n) is 7.97. The Hall–Kier alpha value is -2.14. The number of aryl methyl sites for hydroxylation is 1. The van der Waals surface area contributed by atoms with Gasteiger partial charge >= 0.3 is 0 Å². The van der Waals surface area contributed by atoms with Crippen LogP contribution in [0, 0.1) is 11.8 Å². The van der Waals surface area contributed by atoms with Gasteiger partial charge < -0.3 is 4.90 Å². The number of benzene rings is 1. The summed E-state index contributed by atoms with van der Waals surface area (Å²) in [5.41, 5.74) is 3.36. The second-order valence-electron chi connectivity index (χ2n) is 10.0. The highest BCUT2D eigenvalue weighted by atomic mass is 16.2. The number of carbonyl (C=O) groups is 1. The quantitative estimate of drug-likeness (QED) is 0.777. The lowest BCUT2D eigenvalue weighted by Crippen LogP contribution is -2.60. The van der Waals surface area contributed by atoms with Gasteiger partial charge in [-0.3, -0.25) is 14.4 Å². The van der Waals surface area contributed by atoms with Crippen molar-refractivity contribution < 1.29 is 4.79 Å². The average Bonchev–Trinajstić information content (AvgIpc) is 3.55.